The van der Waals surface area contributed by atoms with Crippen LogP contribution in [0.3, 0.4) is 0 Å². The fourth-order valence-electron chi connectivity index (χ4n) is 2.11. The van der Waals surface area contributed by atoms with Crippen LogP contribution in [0.2, 0.25) is 0 Å². The summed E-state index contributed by atoms with van der Waals surface area (Å²) < 4.78 is 10.2. The van der Waals surface area contributed by atoms with Gasteiger partial charge in [-0.2, -0.15) is 4.98 Å². The number of ether oxygens (including phenoxy) is 1. The van der Waals surface area contributed by atoms with Crippen LogP contribution in [0.1, 0.15) is 23.3 Å². The molecule has 2 rings (SSSR count). The van der Waals surface area contributed by atoms with Gasteiger partial charge in [0.05, 0.1) is 13.7 Å². The van der Waals surface area contributed by atoms with Crippen LogP contribution in [0.5, 0.6) is 5.75 Å². The van der Waals surface area contributed by atoms with E-state index in [4.69, 9.17) is 9.26 Å². The van der Waals surface area contributed by atoms with Crippen molar-refractivity contribution in [3.63, 3.8) is 0 Å². The summed E-state index contributed by atoms with van der Waals surface area (Å²) in [4.78, 5) is 17.3. The van der Waals surface area contributed by atoms with Gasteiger partial charge in [-0.15, -0.1) is 0 Å². The number of nitrogens with zero attached hydrogens (tertiary/aromatic N) is 3. The van der Waals surface area contributed by atoms with Gasteiger partial charge in [0.1, 0.15) is 11.8 Å². The van der Waals surface area contributed by atoms with E-state index >= 15 is 0 Å². The maximum atomic E-state index is 11.6. The Balaban J connectivity index is 2.23. The van der Waals surface area contributed by atoms with E-state index in [0.717, 1.165) is 0 Å². The molecular weight excluding hydrogens is 274 g/mol. The van der Waals surface area contributed by atoms with Crippen molar-refractivity contribution in [1.29, 1.82) is 0 Å². The Morgan fingerprint density at radius 2 is 2.29 bits per heavy atom. The van der Waals surface area contributed by atoms with Crippen LogP contribution >= 0.6 is 0 Å². The Labute approximate surface area is 122 Å². The fourth-order valence-corrected chi connectivity index (χ4v) is 2.11. The van der Waals surface area contributed by atoms with E-state index < -0.39 is 12.0 Å². The number of likely N-dealkylation sites (N-methyl/N-ethyl adjacent to an activating group) is 1. The average Bonchev–Trinajstić information content (AvgIpc) is 2.84. The SMILES string of the molecule is COc1cccc(C(C(=O)O)N(C)Cc2nc(C)no2)c1. The van der Waals surface area contributed by atoms with Crippen LogP contribution < -0.4 is 4.74 Å². The van der Waals surface area contributed by atoms with Gasteiger partial charge in [0.2, 0.25) is 5.89 Å². The highest BCUT2D eigenvalue weighted by Crippen LogP contribution is 2.24. The molecule has 112 valence electrons. The highest BCUT2D eigenvalue weighted by Gasteiger charge is 2.26. The lowest BCUT2D eigenvalue weighted by Gasteiger charge is -2.23. The zero-order chi connectivity index (χ0) is 15.4. The lowest BCUT2D eigenvalue weighted by Crippen LogP contribution is -2.30. The first kappa shape index (κ1) is 15.0. The van der Waals surface area contributed by atoms with Crippen LogP contribution in [0.15, 0.2) is 28.8 Å². The minimum atomic E-state index is -0.956. The highest BCUT2D eigenvalue weighted by atomic mass is 16.5. The first-order chi connectivity index (χ1) is 10.0. The fraction of sp³-hybridized carbons (Fsp3) is 0.357. The first-order valence-electron chi connectivity index (χ1n) is 6.37. The van der Waals surface area contributed by atoms with Crippen molar-refractivity contribution in [3.05, 3.63) is 41.5 Å². The third-order valence-electron chi connectivity index (χ3n) is 3.04. The van der Waals surface area contributed by atoms with Crippen molar-refractivity contribution in [3.8, 4) is 5.75 Å². The first-order valence-corrected chi connectivity index (χ1v) is 6.37. The second-order valence-electron chi connectivity index (χ2n) is 4.67. The largest absolute Gasteiger partial charge is 0.497 e. The summed E-state index contributed by atoms with van der Waals surface area (Å²) in [7, 11) is 3.23. The maximum Gasteiger partial charge on any atom is 0.325 e. The number of rotatable bonds is 6. The molecule has 0 aliphatic heterocycles. The second-order valence-corrected chi connectivity index (χ2v) is 4.67. The number of hydrogen-bond donors (Lipinski definition) is 1. The minimum Gasteiger partial charge on any atom is -0.497 e. The van der Waals surface area contributed by atoms with Crippen LogP contribution in [0.25, 0.3) is 0 Å². The Bertz CT molecular complexity index is 626. The van der Waals surface area contributed by atoms with E-state index in [2.05, 4.69) is 10.1 Å². The number of hydrogen-bond acceptors (Lipinski definition) is 6. The lowest BCUT2D eigenvalue weighted by atomic mass is 10.1. The van der Waals surface area contributed by atoms with Gasteiger partial charge in [0, 0.05) is 0 Å². The summed E-state index contributed by atoms with van der Waals surface area (Å²) in [5, 5.41) is 13.2. The molecule has 0 radical (unpaired) electrons. The molecule has 0 fully saturated rings. The van der Waals surface area contributed by atoms with Crippen molar-refractivity contribution < 1.29 is 19.2 Å². The van der Waals surface area contributed by atoms with Gasteiger partial charge < -0.3 is 14.4 Å². The lowest BCUT2D eigenvalue weighted by molar-refractivity contribution is -0.143. The van der Waals surface area contributed by atoms with E-state index in [1.54, 1.807) is 50.2 Å². The number of carboxylic acid groups (broad SMARTS) is 1. The average molecular weight is 291 g/mol. The number of aryl methyl sites for hydroxylation is 1. The van der Waals surface area contributed by atoms with Crippen molar-refractivity contribution in [2.75, 3.05) is 14.2 Å². The number of aliphatic carboxylic acids is 1. The monoisotopic (exact) mass is 291 g/mol. The molecular formula is C14H17N3O4. The van der Waals surface area contributed by atoms with Gasteiger partial charge in [-0.05, 0) is 31.7 Å². The molecule has 0 amide bonds. The van der Waals surface area contributed by atoms with Gasteiger partial charge in [-0.3, -0.25) is 9.69 Å². The molecule has 0 spiro atoms. The predicted molar refractivity (Wildman–Crippen MR) is 73.9 cm³/mol. The molecule has 7 heteroatoms. The number of aromatic nitrogens is 2. The van der Waals surface area contributed by atoms with Crippen molar-refractivity contribution in [2.45, 2.75) is 19.5 Å². The van der Waals surface area contributed by atoms with E-state index in [1.807, 2.05) is 0 Å². The Morgan fingerprint density at radius 1 is 1.52 bits per heavy atom. The summed E-state index contributed by atoms with van der Waals surface area (Å²) in [6.07, 6.45) is 0. The standard InChI is InChI=1S/C14H17N3O4/c1-9-15-12(21-16-9)8-17(2)13(14(18)19)10-5-4-6-11(7-10)20-3/h4-7,13H,8H2,1-3H3,(H,18,19). The van der Waals surface area contributed by atoms with Gasteiger partial charge in [0.15, 0.2) is 5.82 Å². The molecule has 21 heavy (non-hydrogen) atoms. The smallest absolute Gasteiger partial charge is 0.325 e. The molecule has 7 nitrogen and oxygen atoms in total. The van der Waals surface area contributed by atoms with Crippen LogP contribution in [-0.4, -0.2) is 40.3 Å². The predicted octanol–water partition coefficient (Wildman–Crippen LogP) is 1.64. The zero-order valence-corrected chi connectivity index (χ0v) is 12.1. The molecule has 1 unspecified atom stereocenters. The van der Waals surface area contributed by atoms with E-state index in [0.29, 0.717) is 23.0 Å². The number of benzene rings is 1. The summed E-state index contributed by atoms with van der Waals surface area (Å²) in [6.45, 7) is 1.96. The van der Waals surface area contributed by atoms with Crippen LogP contribution in [0, 0.1) is 6.92 Å². The third kappa shape index (κ3) is 3.57. The maximum absolute atomic E-state index is 11.6. The minimum absolute atomic E-state index is 0.245. The van der Waals surface area contributed by atoms with E-state index in [1.165, 1.54) is 0 Å². The van der Waals surface area contributed by atoms with Crippen LogP contribution in [-0.2, 0) is 11.3 Å². The normalized spacial score (nSPS) is 12.4. The Kier molecular flexibility index (Phi) is 4.54. The molecule has 1 aromatic heterocycles. The summed E-state index contributed by atoms with van der Waals surface area (Å²) in [6, 6.07) is 6.15. The van der Waals surface area contributed by atoms with Gasteiger partial charge in [0.25, 0.3) is 0 Å². The number of carboxylic acids is 1. The van der Waals surface area contributed by atoms with Gasteiger partial charge in [-0.1, -0.05) is 17.3 Å². The summed E-state index contributed by atoms with van der Waals surface area (Å²) >= 11 is 0. The zero-order valence-electron chi connectivity index (χ0n) is 12.1. The van der Waals surface area contributed by atoms with Crippen molar-refractivity contribution >= 4 is 5.97 Å². The van der Waals surface area contributed by atoms with Crippen LogP contribution in [0.4, 0.5) is 0 Å². The molecule has 0 aliphatic rings. The molecule has 1 heterocycles. The molecule has 1 atom stereocenters. The van der Waals surface area contributed by atoms with Gasteiger partial charge >= 0.3 is 5.97 Å². The topological polar surface area (TPSA) is 88.7 Å². The third-order valence-corrected chi connectivity index (χ3v) is 3.04. The molecule has 2 aromatic rings. The van der Waals surface area contributed by atoms with Crippen molar-refractivity contribution in [2.24, 2.45) is 0 Å². The number of carbonyl (C=O) groups is 1. The van der Waals surface area contributed by atoms with Crippen molar-refractivity contribution in [1.82, 2.24) is 15.0 Å². The van der Waals surface area contributed by atoms with Gasteiger partial charge in [-0.25, -0.2) is 0 Å². The molecule has 0 bridgehead atoms. The van der Waals surface area contributed by atoms with E-state index in [-0.39, 0.29) is 6.54 Å². The molecule has 0 aliphatic carbocycles. The number of methoxy groups -OCH3 is 1. The summed E-state index contributed by atoms with van der Waals surface area (Å²) in [5.74, 6) is 0.554. The molecule has 0 saturated heterocycles. The molecule has 1 aromatic carbocycles. The summed E-state index contributed by atoms with van der Waals surface area (Å²) in [5.41, 5.74) is 0.626. The molecule has 0 saturated carbocycles. The second kappa shape index (κ2) is 6.36. The highest BCUT2D eigenvalue weighted by molar-refractivity contribution is 5.75. The molecule has 1 N–H and O–H groups in total. The Morgan fingerprint density at radius 3 is 2.86 bits per heavy atom. The van der Waals surface area contributed by atoms with E-state index in [9.17, 15) is 9.90 Å². The Hall–Kier alpha value is -2.41. The quantitative estimate of drug-likeness (QED) is 0.865.